The van der Waals surface area contributed by atoms with E-state index in [9.17, 15) is 0 Å². The third-order valence-electron chi connectivity index (χ3n) is 7.10. The molecule has 1 saturated heterocycles. The Labute approximate surface area is 220 Å². The second kappa shape index (κ2) is 8.84. The highest BCUT2D eigenvalue weighted by Crippen LogP contribution is 2.47. The number of fused-ring (bicyclic) bond motifs is 1. The minimum atomic E-state index is -0.142. The summed E-state index contributed by atoms with van der Waals surface area (Å²) < 4.78 is 13.5. The summed E-state index contributed by atoms with van der Waals surface area (Å²) >= 11 is 12.3. The highest BCUT2D eigenvalue weighted by Gasteiger charge is 2.43. The Morgan fingerprint density at radius 2 is 1.78 bits per heavy atom. The van der Waals surface area contributed by atoms with Crippen molar-refractivity contribution in [3.05, 3.63) is 100 Å². The molecule has 0 saturated carbocycles. The third kappa shape index (κ3) is 3.62. The van der Waals surface area contributed by atoms with Crippen molar-refractivity contribution in [1.29, 1.82) is 0 Å². The van der Waals surface area contributed by atoms with Gasteiger partial charge in [0.05, 0.1) is 17.8 Å². The Bertz CT molecular complexity index is 1490. The van der Waals surface area contributed by atoms with E-state index in [4.69, 9.17) is 38.3 Å². The molecule has 0 amide bonds. The second-order valence-corrected chi connectivity index (χ2v) is 9.88. The average Bonchev–Trinajstić information content (AvgIpc) is 3.54. The van der Waals surface area contributed by atoms with Gasteiger partial charge in [0.15, 0.2) is 16.6 Å². The van der Waals surface area contributed by atoms with Crippen LogP contribution in [0.4, 0.5) is 5.69 Å². The first-order valence-electron chi connectivity index (χ1n) is 11.8. The number of benzene rings is 2. The zero-order valence-electron chi connectivity index (χ0n) is 20.2. The number of rotatable bonds is 4. The summed E-state index contributed by atoms with van der Waals surface area (Å²) in [5.41, 5.74) is 7.60. The molecular formula is C28H25ClN4O2S. The van der Waals surface area contributed by atoms with Gasteiger partial charge < -0.3 is 24.3 Å². The van der Waals surface area contributed by atoms with Crippen LogP contribution in [0.5, 0.6) is 11.5 Å². The van der Waals surface area contributed by atoms with Gasteiger partial charge in [-0.2, -0.15) is 0 Å². The molecule has 0 bridgehead atoms. The molecule has 0 aliphatic carbocycles. The van der Waals surface area contributed by atoms with Gasteiger partial charge >= 0.3 is 0 Å². The van der Waals surface area contributed by atoms with Crippen molar-refractivity contribution in [2.45, 2.75) is 32.9 Å². The number of halogens is 1. The molecule has 2 atom stereocenters. The summed E-state index contributed by atoms with van der Waals surface area (Å²) in [5.74, 6) is 1.46. The lowest BCUT2D eigenvalue weighted by Crippen LogP contribution is -2.29. The van der Waals surface area contributed by atoms with Crippen LogP contribution >= 0.6 is 23.8 Å². The van der Waals surface area contributed by atoms with Crippen molar-refractivity contribution in [2.24, 2.45) is 0 Å². The number of nitrogens with one attached hydrogen (secondary N) is 1. The van der Waals surface area contributed by atoms with Crippen LogP contribution in [0.3, 0.4) is 0 Å². The van der Waals surface area contributed by atoms with Crippen molar-refractivity contribution >= 4 is 34.6 Å². The summed E-state index contributed by atoms with van der Waals surface area (Å²) in [4.78, 5) is 6.87. The van der Waals surface area contributed by atoms with Gasteiger partial charge in [-0.1, -0.05) is 23.7 Å². The number of nitrogens with zero attached hydrogens (tertiary/aromatic N) is 3. The van der Waals surface area contributed by atoms with Crippen LogP contribution in [-0.2, 0) is 0 Å². The van der Waals surface area contributed by atoms with Gasteiger partial charge in [0.2, 0.25) is 6.79 Å². The lowest BCUT2D eigenvalue weighted by atomic mass is 9.93. The van der Waals surface area contributed by atoms with Crippen LogP contribution in [-0.4, -0.2) is 21.5 Å². The van der Waals surface area contributed by atoms with E-state index in [1.54, 1.807) is 0 Å². The smallest absolute Gasteiger partial charge is 0.231 e. The van der Waals surface area contributed by atoms with Gasteiger partial charge in [0.25, 0.3) is 0 Å². The fourth-order valence-corrected chi connectivity index (χ4v) is 5.94. The monoisotopic (exact) mass is 516 g/mol. The number of anilines is 1. The molecule has 2 aliphatic heterocycles. The summed E-state index contributed by atoms with van der Waals surface area (Å²) in [6, 6.07) is 19.6. The largest absolute Gasteiger partial charge is 0.454 e. The molecule has 6 rings (SSSR count). The van der Waals surface area contributed by atoms with Gasteiger partial charge in [-0.3, -0.25) is 4.98 Å². The van der Waals surface area contributed by atoms with Crippen molar-refractivity contribution in [3.63, 3.8) is 0 Å². The van der Waals surface area contributed by atoms with E-state index in [1.165, 1.54) is 11.1 Å². The average molecular weight is 517 g/mol. The minimum absolute atomic E-state index is 0.132. The Morgan fingerprint density at radius 1 is 0.944 bits per heavy atom. The molecule has 2 unspecified atom stereocenters. The Kier molecular flexibility index (Phi) is 5.62. The minimum Gasteiger partial charge on any atom is -0.454 e. The molecule has 6 nitrogen and oxygen atoms in total. The first-order chi connectivity index (χ1) is 17.4. The van der Waals surface area contributed by atoms with Crippen LogP contribution < -0.4 is 19.7 Å². The summed E-state index contributed by atoms with van der Waals surface area (Å²) in [7, 11) is 0. The van der Waals surface area contributed by atoms with E-state index >= 15 is 0 Å². The van der Waals surface area contributed by atoms with E-state index in [1.807, 2.05) is 60.8 Å². The normalized spacial score (nSPS) is 18.6. The molecular weight excluding hydrogens is 492 g/mol. The number of hydrogen-bond acceptors (Lipinski definition) is 4. The van der Waals surface area contributed by atoms with E-state index < -0.39 is 0 Å². The maximum atomic E-state index is 6.37. The predicted molar refractivity (Wildman–Crippen MR) is 145 cm³/mol. The van der Waals surface area contributed by atoms with E-state index in [-0.39, 0.29) is 18.9 Å². The van der Waals surface area contributed by atoms with Gasteiger partial charge in [-0.25, -0.2) is 0 Å². The van der Waals surface area contributed by atoms with Crippen LogP contribution in [0, 0.1) is 20.8 Å². The Hall–Kier alpha value is -3.55. The summed E-state index contributed by atoms with van der Waals surface area (Å²) in [5, 5.41) is 4.90. The predicted octanol–water partition coefficient (Wildman–Crippen LogP) is 6.36. The molecule has 2 aromatic carbocycles. The lowest BCUT2D eigenvalue weighted by Gasteiger charge is -2.29. The summed E-state index contributed by atoms with van der Waals surface area (Å²) in [6.07, 6.45) is 1.82. The molecule has 2 aromatic heterocycles. The number of aromatic nitrogens is 2. The SMILES string of the molecule is Cc1c(C2C(c3ccccn3)NC(=S)N2c2ccc3c(c2)OCO3)c(C)n(-c2cccc(Cl)c2)c1C. The van der Waals surface area contributed by atoms with Crippen LogP contribution in [0.25, 0.3) is 5.69 Å². The fraction of sp³-hybridized carbons (Fsp3) is 0.214. The van der Waals surface area contributed by atoms with Crippen molar-refractivity contribution in [1.82, 2.24) is 14.9 Å². The quantitative estimate of drug-likeness (QED) is 0.319. The highest BCUT2D eigenvalue weighted by atomic mass is 35.5. The molecule has 0 spiro atoms. The zero-order chi connectivity index (χ0) is 25.0. The van der Waals surface area contributed by atoms with Gasteiger partial charge in [0.1, 0.15) is 0 Å². The highest BCUT2D eigenvalue weighted by molar-refractivity contribution is 7.80. The van der Waals surface area contributed by atoms with E-state index in [0.29, 0.717) is 10.1 Å². The molecule has 1 fully saturated rings. The van der Waals surface area contributed by atoms with Gasteiger partial charge in [0, 0.05) is 45.6 Å². The third-order valence-corrected chi connectivity index (χ3v) is 7.65. The van der Waals surface area contributed by atoms with E-state index in [0.717, 1.165) is 40.0 Å². The number of ether oxygens (including phenoxy) is 2. The van der Waals surface area contributed by atoms with Crippen molar-refractivity contribution < 1.29 is 9.47 Å². The van der Waals surface area contributed by atoms with Gasteiger partial charge in [-0.05, 0) is 81.0 Å². The first-order valence-corrected chi connectivity index (χ1v) is 12.6. The topological polar surface area (TPSA) is 51.6 Å². The number of hydrogen-bond donors (Lipinski definition) is 1. The molecule has 2 aliphatic rings. The van der Waals surface area contributed by atoms with Crippen molar-refractivity contribution in [3.8, 4) is 17.2 Å². The molecule has 36 heavy (non-hydrogen) atoms. The molecule has 8 heteroatoms. The standard InChI is InChI=1S/C28H25ClN4O2S/c1-16-17(2)32(20-8-6-7-19(29)13-20)18(3)25(16)27-26(22-9-4-5-12-30-22)31-28(36)33(27)21-10-11-23-24(14-21)35-15-34-23/h4-14,26-27H,15H2,1-3H3,(H,31,36). The summed E-state index contributed by atoms with van der Waals surface area (Å²) in [6.45, 7) is 6.70. The van der Waals surface area contributed by atoms with Crippen molar-refractivity contribution in [2.75, 3.05) is 11.7 Å². The molecule has 4 aromatic rings. The van der Waals surface area contributed by atoms with Gasteiger partial charge in [-0.15, -0.1) is 0 Å². The lowest BCUT2D eigenvalue weighted by molar-refractivity contribution is 0.174. The molecule has 1 N–H and O–H groups in total. The Balaban J connectivity index is 1.55. The molecule has 4 heterocycles. The van der Waals surface area contributed by atoms with Crippen LogP contribution in [0.2, 0.25) is 5.02 Å². The zero-order valence-corrected chi connectivity index (χ0v) is 21.7. The Morgan fingerprint density at radius 3 is 2.56 bits per heavy atom. The van der Waals surface area contributed by atoms with Crippen LogP contribution in [0.15, 0.2) is 66.9 Å². The molecule has 182 valence electrons. The maximum absolute atomic E-state index is 6.37. The maximum Gasteiger partial charge on any atom is 0.231 e. The first kappa shape index (κ1) is 22.9. The van der Waals surface area contributed by atoms with E-state index in [2.05, 4.69) is 41.6 Å². The second-order valence-electron chi connectivity index (χ2n) is 9.06. The van der Waals surface area contributed by atoms with Crippen LogP contribution in [0.1, 0.15) is 40.3 Å². The number of pyridine rings is 1. The number of thiocarbonyl (C=S) groups is 1. The molecule has 0 radical (unpaired) electrons. The fourth-order valence-electron chi connectivity index (χ4n) is 5.41.